The summed E-state index contributed by atoms with van der Waals surface area (Å²) in [5.74, 6) is -0.340. The Morgan fingerprint density at radius 3 is 1.85 bits per heavy atom. The molecule has 4 aliphatic rings. The summed E-state index contributed by atoms with van der Waals surface area (Å²) in [6.45, 7) is 1.79. The van der Waals surface area contributed by atoms with Crippen LogP contribution in [0, 0.1) is 5.92 Å². The molecule has 17 atom stereocenters. The van der Waals surface area contributed by atoms with Crippen LogP contribution in [0.5, 0.6) is 0 Å². The van der Waals surface area contributed by atoms with Crippen LogP contribution in [0.3, 0.4) is 0 Å². The molecule has 0 aromatic rings. The maximum atomic E-state index is 11.2. The van der Waals surface area contributed by atoms with Gasteiger partial charge in [0.05, 0.1) is 45.2 Å². The lowest BCUT2D eigenvalue weighted by Gasteiger charge is -2.48. The number of rotatable bonds is 13. The number of ether oxygens (including phenoxy) is 7. The molecule has 0 bridgehead atoms. The quantitative estimate of drug-likeness (QED) is 0.0856. The van der Waals surface area contributed by atoms with Gasteiger partial charge in [-0.25, -0.2) is 0 Å². The Morgan fingerprint density at radius 1 is 0.617 bits per heavy atom. The van der Waals surface area contributed by atoms with Gasteiger partial charge in [0.2, 0.25) is 0 Å². The molecular formula is C28H51NO18. The molecule has 0 radical (unpaired) electrons. The van der Waals surface area contributed by atoms with Gasteiger partial charge in [-0.15, -0.1) is 0 Å². The van der Waals surface area contributed by atoms with Gasteiger partial charge < -0.3 is 89.3 Å². The molecule has 4 fully saturated rings. The summed E-state index contributed by atoms with van der Waals surface area (Å²) in [5, 5.41) is 113. The molecule has 0 aliphatic carbocycles. The van der Waals surface area contributed by atoms with Crippen LogP contribution < -0.4 is 0 Å². The molecule has 0 saturated carbocycles. The third-order valence-electron chi connectivity index (χ3n) is 8.91. The van der Waals surface area contributed by atoms with E-state index in [9.17, 15) is 56.2 Å². The first-order valence-corrected chi connectivity index (χ1v) is 15.8. The number of aliphatic hydroxyl groups is 11. The number of hydrogen-bond acceptors (Lipinski definition) is 19. The highest BCUT2D eigenvalue weighted by Crippen LogP contribution is 2.33. The molecule has 4 rings (SSSR count). The topological polar surface area (TPSA) is 290 Å². The van der Waals surface area contributed by atoms with Crippen molar-refractivity contribution in [2.24, 2.45) is 5.92 Å². The largest absolute Gasteiger partial charge is 0.395 e. The van der Waals surface area contributed by atoms with E-state index in [0.717, 1.165) is 0 Å². The van der Waals surface area contributed by atoms with Crippen molar-refractivity contribution < 1.29 is 89.3 Å². The first-order valence-electron chi connectivity index (χ1n) is 15.8. The van der Waals surface area contributed by atoms with E-state index in [1.54, 1.807) is 18.7 Å². The Hall–Kier alpha value is -0.760. The fourth-order valence-corrected chi connectivity index (χ4v) is 6.24. The second-order valence-corrected chi connectivity index (χ2v) is 12.7. The van der Waals surface area contributed by atoms with Crippen molar-refractivity contribution in [1.29, 1.82) is 0 Å². The third kappa shape index (κ3) is 8.95. The van der Waals surface area contributed by atoms with Gasteiger partial charge in [0.15, 0.2) is 18.9 Å². The van der Waals surface area contributed by atoms with E-state index in [1.807, 2.05) is 0 Å². The second kappa shape index (κ2) is 17.4. The number of hydrogen-bond donors (Lipinski definition) is 11. The number of β-amino-alcohol motifs (C(OH)–C–C–N with tert-alkyl or cyclic N) is 1. The normalized spacial score (nSPS) is 47.0. The van der Waals surface area contributed by atoms with Crippen molar-refractivity contribution in [3.05, 3.63) is 0 Å². The van der Waals surface area contributed by atoms with Crippen molar-refractivity contribution in [3.63, 3.8) is 0 Å². The average molecular weight is 690 g/mol. The van der Waals surface area contributed by atoms with Crippen LogP contribution >= 0.6 is 0 Å². The highest BCUT2D eigenvalue weighted by Gasteiger charge is 2.52. The van der Waals surface area contributed by atoms with E-state index in [1.165, 1.54) is 0 Å². The van der Waals surface area contributed by atoms with Crippen molar-refractivity contribution in [1.82, 2.24) is 4.90 Å². The summed E-state index contributed by atoms with van der Waals surface area (Å²) in [7, 11) is 0. The van der Waals surface area contributed by atoms with Gasteiger partial charge in [0.25, 0.3) is 0 Å². The predicted octanol–water partition coefficient (Wildman–Crippen LogP) is -6.83. The maximum Gasteiger partial charge on any atom is 0.187 e. The van der Waals surface area contributed by atoms with Crippen molar-refractivity contribution >= 4 is 0 Å². The third-order valence-corrected chi connectivity index (χ3v) is 8.91. The molecule has 0 aromatic carbocycles. The zero-order chi connectivity index (χ0) is 34.6. The SMILES string of the molecule is CC(C)C1OC(COC2OC(CO)C(O)C(OC3CN(CCO)CC(CO)O3)C2O)C(O)C(OC2OC(CO)C(O)C(O)C2O)C1O. The maximum absolute atomic E-state index is 11.2. The van der Waals surface area contributed by atoms with Crippen molar-refractivity contribution in [3.8, 4) is 0 Å². The van der Waals surface area contributed by atoms with Gasteiger partial charge >= 0.3 is 0 Å². The fraction of sp³-hybridized carbons (Fsp3) is 1.00. The minimum Gasteiger partial charge on any atom is -0.395 e. The van der Waals surface area contributed by atoms with Crippen LogP contribution in [0.2, 0.25) is 0 Å². The fourth-order valence-electron chi connectivity index (χ4n) is 6.24. The minimum absolute atomic E-state index is 0.139. The monoisotopic (exact) mass is 689 g/mol. The highest BCUT2D eigenvalue weighted by molar-refractivity contribution is 4.97. The summed E-state index contributed by atoms with van der Waals surface area (Å²) in [4.78, 5) is 1.77. The summed E-state index contributed by atoms with van der Waals surface area (Å²) in [6.07, 6.45) is -24.1. The standard InChI is InChI=1S/C28H51NO18/c1-11(2)24-22(39)25(47-28-21(38)20(37)17(34)13(8-32)45-28)19(36)15(43-24)10-41-27-23(40)26(18(35)14(9-33)44-27)46-16-6-29(3-4-30)5-12(7-31)42-16/h11-28,30-40H,3-10H2,1-2H3. The lowest BCUT2D eigenvalue weighted by Crippen LogP contribution is -2.65. The second-order valence-electron chi connectivity index (χ2n) is 12.7. The van der Waals surface area contributed by atoms with Gasteiger partial charge in [-0.2, -0.15) is 0 Å². The molecule has 0 aromatic heterocycles. The Bertz CT molecular complexity index is 936. The van der Waals surface area contributed by atoms with Gasteiger partial charge in [0, 0.05) is 19.6 Å². The smallest absolute Gasteiger partial charge is 0.187 e. The molecule has 4 aliphatic heterocycles. The molecule has 47 heavy (non-hydrogen) atoms. The van der Waals surface area contributed by atoms with E-state index in [0.29, 0.717) is 6.54 Å². The van der Waals surface area contributed by atoms with Gasteiger partial charge in [-0.3, -0.25) is 4.90 Å². The summed E-state index contributed by atoms with van der Waals surface area (Å²) in [5.41, 5.74) is 0. The number of nitrogens with zero attached hydrogens (tertiary/aromatic N) is 1. The number of aliphatic hydroxyl groups excluding tert-OH is 11. The summed E-state index contributed by atoms with van der Waals surface area (Å²) in [6, 6.07) is 0. The Morgan fingerprint density at radius 2 is 1.23 bits per heavy atom. The molecule has 4 saturated heterocycles. The molecule has 276 valence electrons. The van der Waals surface area contributed by atoms with Crippen LogP contribution in [0.15, 0.2) is 0 Å². The zero-order valence-electron chi connectivity index (χ0n) is 26.3. The van der Waals surface area contributed by atoms with E-state index >= 15 is 0 Å². The Labute approximate surface area is 271 Å². The van der Waals surface area contributed by atoms with Crippen LogP contribution in [0.4, 0.5) is 0 Å². The molecule has 17 unspecified atom stereocenters. The molecule has 11 N–H and O–H groups in total. The van der Waals surface area contributed by atoms with Crippen LogP contribution in [0.1, 0.15) is 13.8 Å². The van der Waals surface area contributed by atoms with Crippen LogP contribution in [0.25, 0.3) is 0 Å². The molecule has 19 nitrogen and oxygen atoms in total. The van der Waals surface area contributed by atoms with Gasteiger partial charge in [-0.05, 0) is 5.92 Å². The van der Waals surface area contributed by atoms with Crippen LogP contribution in [-0.4, -0.2) is 218 Å². The van der Waals surface area contributed by atoms with E-state index in [4.69, 9.17) is 33.2 Å². The van der Waals surface area contributed by atoms with E-state index in [-0.39, 0.29) is 32.2 Å². The van der Waals surface area contributed by atoms with Crippen molar-refractivity contribution in [2.45, 2.75) is 118 Å². The lowest BCUT2D eigenvalue weighted by atomic mass is 9.89. The van der Waals surface area contributed by atoms with E-state index < -0.39 is 124 Å². The lowest BCUT2D eigenvalue weighted by molar-refractivity contribution is -0.354. The molecule has 0 amide bonds. The Balaban J connectivity index is 1.45. The molecule has 0 spiro atoms. The minimum atomic E-state index is -1.80. The Kier molecular flexibility index (Phi) is 14.5. The first-order chi connectivity index (χ1) is 22.3. The summed E-state index contributed by atoms with van der Waals surface area (Å²) >= 11 is 0. The first kappa shape index (κ1) is 39.0. The predicted molar refractivity (Wildman–Crippen MR) is 152 cm³/mol. The zero-order valence-corrected chi connectivity index (χ0v) is 26.3. The van der Waals surface area contributed by atoms with Gasteiger partial charge in [0.1, 0.15) is 73.2 Å². The highest BCUT2D eigenvalue weighted by atomic mass is 16.7. The molecule has 19 heteroatoms. The van der Waals surface area contributed by atoms with Crippen molar-refractivity contribution in [2.75, 3.05) is 52.7 Å². The summed E-state index contributed by atoms with van der Waals surface area (Å²) < 4.78 is 40.0. The van der Waals surface area contributed by atoms with Gasteiger partial charge in [-0.1, -0.05) is 13.8 Å². The molecule has 4 heterocycles. The van der Waals surface area contributed by atoms with E-state index in [2.05, 4.69) is 0 Å². The average Bonchev–Trinajstić information content (AvgIpc) is 3.05. The molecular weight excluding hydrogens is 638 g/mol. The number of morpholine rings is 1. The van der Waals surface area contributed by atoms with Crippen LogP contribution in [-0.2, 0) is 33.2 Å².